The van der Waals surface area contributed by atoms with Gasteiger partial charge < -0.3 is 20.7 Å². The minimum absolute atomic E-state index is 0.0586. The van der Waals surface area contributed by atoms with Crippen molar-refractivity contribution in [1.29, 1.82) is 0 Å². The summed E-state index contributed by atoms with van der Waals surface area (Å²) >= 11 is 0. The molecule has 0 spiro atoms. The highest BCUT2D eigenvalue weighted by Crippen LogP contribution is 2.12. The van der Waals surface area contributed by atoms with Crippen LogP contribution in [0.5, 0.6) is 0 Å². The maximum atomic E-state index is 13.5. The van der Waals surface area contributed by atoms with Crippen LogP contribution in [0, 0.1) is 11.8 Å². The zero-order valence-electron chi connectivity index (χ0n) is 24.9. The van der Waals surface area contributed by atoms with Gasteiger partial charge in [-0.25, -0.2) is 9.86 Å². The van der Waals surface area contributed by atoms with Crippen LogP contribution in [0.25, 0.3) is 0 Å². The SMILES string of the molecule is CON(C)C(=O)[C@H](Cc1ccccc1)NC(=O)[C@H](CC(C)C)NC(=O)[C@H](CC(C)C)NC(=O)OCc1ccccc1. The van der Waals surface area contributed by atoms with E-state index in [2.05, 4.69) is 16.0 Å². The third-order valence-corrected chi connectivity index (χ3v) is 6.35. The van der Waals surface area contributed by atoms with Crippen LogP contribution in [-0.2, 0) is 37.0 Å². The topological polar surface area (TPSA) is 126 Å². The molecule has 2 rings (SSSR count). The van der Waals surface area contributed by atoms with Gasteiger partial charge in [0.2, 0.25) is 11.8 Å². The van der Waals surface area contributed by atoms with Gasteiger partial charge in [-0.2, -0.15) is 0 Å². The number of hydrogen-bond donors (Lipinski definition) is 3. The Labute approximate surface area is 243 Å². The number of carbonyl (C=O) groups is 4. The molecule has 0 aliphatic rings. The Balaban J connectivity index is 2.15. The zero-order valence-corrected chi connectivity index (χ0v) is 24.9. The standard InChI is InChI=1S/C31H44N4O6/c1-21(2)17-25(28(36)33-27(30(38)35(5)40-6)19-23-13-9-7-10-14-23)32-29(37)26(18-22(3)4)34-31(39)41-20-24-15-11-8-12-16-24/h7-16,21-22,25-27H,17-20H2,1-6H3,(H,32,37)(H,33,36)(H,34,39)/t25-,26-,27-/m0/s1. The fourth-order valence-electron chi connectivity index (χ4n) is 4.22. The number of carbonyl (C=O) groups excluding carboxylic acids is 4. The van der Waals surface area contributed by atoms with Crippen molar-refractivity contribution in [3.05, 3.63) is 71.8 Å². The second kappa shape index (κ2) is 17.0. The summed E-state index contributed by atoms with van der Waals surface area (Å²) in [5.41, 5.74) is 1.68. The number of benzene rings is 2. The van der Waals surface area contributed by atoms with E-state index < -0.39 is 41.9 Å². The average molecular weight is 569 g/mol. The number of rotatable bonds is 15. The molecule has 0 radical (unpaired) electrons. The predicted octanol–water partition coefficient (Wildman–Crippen LogP) is 3.61. The maximum Gasteiger partial charge on any atom is 0.408 e. The summed E-state index contributed by atoms with van der Waals surface area (Å²) in [6.07, 6.45) is 0.189. The van der Waals surface area contributed by atoms with E-state index in [1.165, 1.54) is 14.2 Å². The Morgan fingerprint density at radius 3 is 1.66 bits per heavy atom. The molecule has 0 aromatic heterocycles. The van der Waals surface area contributed by atoms with E-state index in [0.717, 1.165) is 16.2 Å². The number of alkyl carbamates (subject to hydrolysis) is 1. The highest BCUT2D eigenvalue weighted by molar-refractivity contribution is 5.93. The summed E-state index contributed by atoms with van der Waals surface area (Å²) in [6.45, 7) is 7.79. The van der Waals surface area contributed by atoms with Crippen molar-refractivity contribution in [2.24, 2.45) is 11.8 Å². The van der Waals surface area contributed by atoms with E-state index in [-0.39, 0.29) is 24.9 Å². The summed E-state index contributed by atoms with van der Waals surface area (Å²) in [7, 11) is 2.84. The molecule has 0 unspecified atom stereocenters. The monoisotopic (exact) mass is 568 g/mol. The quantitative estimate of drug-likeness (QED) is 0.282. The van der Waals surface area contributed by atoms with Crippen LogP contribution in [0.2, 0.25) is 0 Å². The zero-order chi connectivity index (χ0) is 30.4. The fourth-order valence-corrected chi connectivity index (χ4v) is 4.22. The third kappa shape index (κ3) is 12.0. The smallest absolute Gasteiger partial charge is 0.408 e. The lowest BCUT2D eigenvalue weighted by Crippen LogP contribution is -2.57. The average Bonchev–Trinajstić information content (AvgIpc) is 2.94. The predicted molar refractivity (Wildman–Crippen MR) is 156 cm³/mol. The minimum Gasteiger partial charge on any atom is -0.445 e. The van der Waals surface area contributed by atoms with Crippen molar-refractivity contribution in [1.82, 2.24) is 21.0 Å². The first-order valence-electron chi connectivity index (χ1n) is 13.9. The van der Waals surface area contributed by atoms with Gasteiger partial charge in [-0.3, -0.25) is 19.2 Å². The molecular weight excluding hydrogens is 524 g/mol. The van der Waals surface area contributed by atoms with E-state index in [9.17, 15) is 19.2 Å². The molecule has 224 valence electrons. The van der Waals surface area contributed by atoms with E-state index in [4.69, 9.17) is 9.57 Å². The first-order chi connectivity index (χ1) is 19.5. The van der Waals surface area contributed by atoms with Gasteiger partial charge in [-0.1, -0.05) is 88.4 Å². The van der Waals surface area contributed by atoms with Gasteiger partial charge in [0.05, 0.1) is 7.11 Å². The van der Waals surface area contributed by atoms with Gasteiger partial charge in [0.1, 0.15) is 24.7 Å². The number of nitrogens with zero attached hydrogens (tertiary/aromatic N) is 1. The molecule has 2 aromatic rings. The Morgan fingerprint density at radius 2 is 1.17 bits per heavy atom. The highest BCUT2D eigenvalue weighted by atomic mass is 16.7. The van der Waals surface area contributed by atoms with Crippen LogP contribution in [0.1, 0.15) is 51.7 Å². The van der Waals surface area contributed by atoms with Crippen LogP contribution in [-0.4, -0.2) is 61.2 Å². The summed E-state index contributed by atoms with van der Waals surface area (Å²) in [5, 5.41) is 9.33. The second-order valence-electron chi connectivity index (χ2n) is 10.8. The number of likely N-dealkylation sites (N-methyl/N-ethyl adjacent to an activating group) is 1. The van der Waals surface area contributed by atoms with Gasteiger partial charge in [-0.05, 0) is 35.8 Å². The summed E-state index contributed by atoms with van der Waals surface area (Å²) in [4.78, 5) is 57.5. The van der Waals surface area contributed by atoms with Crippen molar-refractivity contribution in [3.63, 3.8) is 0 Å². The largest absolute Gasteiger partial charge is 0.445 e. The number of nitrogens with one attached hydrogen (secondary N) is 3. The molecule has 2 aromatic carbocycles. The molecule has 0 bridgehead atoms. The lowest BCUT2D eigenvalue weighted by atomic mass is 9.99. The molecule has 4 amide bonds. The Bertz CT molecular complexity index is 1110. The van der Waals surface area contributed by atoms with E-state index in [0.29, 0.717) is 12.8 Å². The molecule has 10 heteroatoms. The summed E-state index contributed by atoms with van der Waals surface area (Å²) in [5.74, 6) is -1.30. The van der Waals surface area contributed by atoms with Crippen LogP contribution in [0.3, 0.4) is 0 Å². The molecule has 0 fully saturated rings. The van der Waals surface area contributed by atoms with Gasteiger partial charge in [0, 0.05) is 13.5 Å². The van der Waals surface area contributed by atoms with Crippen molar-refractivity contribution in [3.8, 4) is 0 Å². The van der Waals surface area contributed by atoms with Crippen molar-refractivity contribution >= 4 is 23.8 Å². The molecular formula is C31H44N4O6. The van der Waals surface area contributed by atoms with E-state index in [1.54, 1.807) is 0 Å². The Morgan fingerprint density at radius 1 is 0.707 bits per heavy atom. The Hall–Kier alpha value is -3.92. The first-order valence-corrected chi connectivity index (χ1v) is 13.9. The van der Waals surface area contributed by atoms with E-state index >= 15 is 0 Å². The first kappa shape index (κ1) is 33.3. The van der Waals surface area contributed by atoms with Crippen LogP contribution in [0.15, 0.2) is 60.7 Å². The second-order valence-corrected chi connectivity index (χ2v) is 10.8. The molecule has 0 saturated heterocycles. The molecule has 0 aliphatic heterocycles. The van der Waals surface area contributed by atoms with Gasteiger partial charge in [0.25, 0.3) is 5.91 Å². The molecule has 0 heterocycles. The van der Waals surface area contributed by atoms with Crippen molar-refractivity contribution in [2.75, 3.05) is 14.2 Å². The molecule has 3 atom stereocenters. The molecule has 0 saturated carbocycles. The van der Waals surface area contributed by atoms with Crippen LogP contribution in [0.4, 0.5) is 4.79 Å². The minimum atomic E-state index is -0.932. The summed E-state index contributed by atoms with van der Waals surface area (Å²) < 4.78 is 5.31. The number of hydrogen-bond acceptors (Lipinski definition) is 6. The van der Waals surface area contributed by atoms with Crippen molar-refractivity contribution in [2.45, 2.75) is 71.7 Å². The summed E-state index contributed by atoms with van der Waals surface area (Å²) in [6, 6.07) is 15.8. The van der Waals surface area contributed by atoms with Crippen LogP contribution < -0.4 is 16.0 Å². The molecule has 41 heavy (non-hydrogen) atoms. The third-order valence-electron chi connectivity index (χ3n) is 6.35. The normalized spacial score (nSPS) is 13.2. The lowest BCUT2D eigenvalue weighted by Gasteiger charge is -2.28. The Kier molecular flexibility index (Phi) is 13.8. The van der Waals surface area contributed by atoms with Crippen LogP contribution >= 0.6 is 0 Å². The highest BCUT2D eigenvalue weighted by Gasteiger charge is 2.31. The van der Waals surface area contributed by atoms with E-state index in [1.807, 2.05) is 88.4 Å². The fraction of sp³-hybridized carbons (Fsp3) is 0.484. The van der Waals surface area contributed by atoms with Gasteiger partial charge in [0.15, 0.2) is 0 Å². The lowest BCUT2D eigenvalue weighted by molar-refractivity contribution is -0.171. The molecule has 10 nitrogen and oxygen atoms in total. The van der Waals surface area contributed by atoms with Gasteiger partial charge >= 0.3 is 6.09 Å². The van der Waals surface area contributed by atoms with Gasteiger partial charge in [-0.15, -0.1) is 0 Å². The number of ether oxygens (including phenoxy) is 1. The molecule has 3 N–H and O–H groups in total. The van der Waals surface area contributed by atoms with Crippen molar-refractivity contribution < 1.29 is 28.8 Å². The number of amides is 4. The maximum absolute atomic E-state index is 13.5. The molecule has 0 aliphatic carbocycles. The number of hydroxylamine groups is 2.